The minimum Gasteiger partial charge on any atom is -0.444 e. The Balaban J connectivity index is 1.92. The summed E-state index contributed by atoms with van der Waals surface area (Å²) >= 11 is 0. The Morgan fingerprint density at radius 3 is 2.16 bits per heavy atom. The van der Waals surface area contributed by atoms with Gasteiger partial charge in [0.05, 0.1) is 0 Å². The predicted molar refractivity (Wildman–Crippen MR) is 104 cm³/mol. The zero-order valence-corrected chi connectivity index (χ0v) is 16.9. The number of benzene rings is 1. The van der Waals surface area contributed by atoms with Crippen LogP contribution in [-0.2, 0) is 4.74 Å². The number of hydrogen-bond donors (Lipinski definition) is 1. The molecule has 1 amide bonds. The first-order chi connectivity index (χ1) is 11.6. The van der Waals surface area contributed by atoms with Crippen LogP contribution in [0.1, 0.15) is 57.2 Å². The van der Waals surface area contributed by atoms with Crippen LogP contribution >= 0.6 is 0 Å². The second-order valence-electron chi connectivity index (χ2n) is 8.51. The van der Waals surface area contributed by atoms with Gasteiger partial charge in [-0.25, -0.2) is 4.79 Å². The summed E-state index contributed by atoms with van der Waals surface area (Å²) < 4.78 is 5.48. The first-order valence-electron chi connectivity index (χ1n) is 9.39. The molecule has 4 heteroatoms. The number of aryl methyl sites for hydroxylation is 3. The zero-order chi connectivity index (χ0) is 18.8. The van der Waals surface area contributed by atoms with Crippen LogP contribution in [0.2, 0.25) is 0 Å². The highest BCUT2D eigenvalue weighted by Crippen LogP contribution is 2.28. The number of rotatable bonds is 3. The molecule has 25 heavy (non-hydrogen) atoms. The molecule has 4 nitrogen and oxygen atoms in total. The molecule has 1 aliphatic rings. The van der Waals surface area contributed by atoms with Crippen molar-refractivity contribution in [2.45, 2.75) is 73.0 Å². The minimum atomic E-state index is -0.427. The standard InChI is InChI=1S/C21H34N2O2/c1-14-12-15(2)19(16(3)13-14)22-17(4)18-8-10-23(11-9-18)20(24)25-21(5,6)7/h12-13,17-18,22H,8-11H2,1-7H3. The Bertz CT molecular complexity index is 588. The van der Waals surface area contributed by atoms with E-state index in [1.54, 1.807) is 0 Å². The number of hydrogen-bond acceptors (Lipinski definition) is 3. The van der Waals surface area contributed by atoms with E-state index in [-0.39, 0.29) is 6.09 Å². The first kappa shape index (κ1) is 19.6. The van der Waals surface area contributed by atoms with Crippen molar-refractivity contribution in [3.8, 4) is 0 Å². The van der Waals surface area contributed by atoms with Crippen molar-refractivity contribution in [2.75, 3.05) is 18.4 Å². The van der Waals surface area contributed by atoms with Crippen LogP contribution < -0.4 is 5.32 Å². The SMILES string of the molecule is Cc1cc(C)c(NC(C)C2CCN(C(=O)OC(C)(C)C)CC2)c(C)c1. The molecule has 0 radical (unpaired) electrons. The molecule has 0 bridgehead atoms. The third-order valence-corrected chi connectivity index (χ3v) is 4.95. The molecule has 1 saturated heterocycles. The second-order valence-corrected chi connectivity index (χ2v) is 8.51. The van der Waals surface area contributed by atoms with E-state index in [2.05, 4.69) is 45.1 Å². The maximum Gasteiger partial charge on any atom is 0.410 e. The van der Waals surface area contributed by atoms with Crippen molar-refractivity contribution in [3.63, 3.8) is 0 Å². The van der Waals surface area contributed by atoms with Gasteiger partial charge < -0.3 is 15.0 Å². The number of anilines is 1. The lowest BCUT2D eigenvalue weighted by molar-refractivity contribution is 0.0179. The third-order valence-electron chi connectivity index (χ3n) is 4.95. The summed E-state index contributed by atoms with van der Waals surface area (Å²) in [4.78, 5) is 14.0. The molecule has 1 aromatic rings. The van der Waals surface area contributed by atoms with E-state index in [1.807, 2.05) is 25.7 Å². The van der Waals surface area contributed by atoms with Crippen LogP contribution in [0.15, 0.2) is 12.1 Å². The highest BCUT2D eigenvalue weighted by Gasteiger charge is 2.29. The molecule has 1 aromatic carbocycles. The average molecular weight is 347 g/mol. The van der Waals surface area contributed by atoms with Crippen LogP contribution in [0.5, 0.6) is 0 Å². The average Bonchev–Trinajstić information content (AvgIpc) is 2.49. The predicted octanol–water partition coefficient (Wildman–Crippen LogP) is 5.06. The Morgan fingerprint density at radius 1 is 1.16 bits per heavy atom. The molecule has 2 rings (SSSR count). The van der Waals surface area contributed by atoms with Crippen molar-refractivity contribution >= 4 is 11.8 Å². The molecule has 1 fully saturated rings. The molecule has 1 unspecified atom stereocenters. The summed E-state index contributed by atoms with van der Waals surface area (Å²) in [5.41, 5.74) is 4.74. The van der Waals surface area contributed by atoms with Gasteiger partial charge in [0, 0.05) is 24.8 Å². The summed E-state index contributed by atoms with van der Waals surface area (Å²) in [6.07, 6.45) is 1.84. The topological polar surface area (TPSA) is 41.6 Å². The smallest absolute Gasteiger partial charge is 0.410 e. The van der Waals surface area contributed by atoms with Crippen LogP contribution in [0.25, 0.3) is 0 Å². The van der Waals surface area contributed by atoms with Gasteiger partial charge in [-0.15, -0.1) is 0 Å². The Labute approximate surface area is 152 Å². The van der Waals surface area contributed by atoms with Crippen LogP contribution in [-0.4, -0.2) is 35.7 Å². The fourth-order valence-electron chi connectivity index (χ4n) is 3.66. The lowest BCUT2D eigenvalue weighted by Crippen LogP contribution is -2.44. The Hall–Kier alpha value is -1.71. The van der Waals surface area contributed by atoms with Crippen molar-refractivity contribution in [3.05, 3.63) is 28.8 Å². The van der Waals surface area contributed by atoms with Gasteiger partial charge in [-0.05, 0) is 78.4 Å². The molecule has 1 aliphatic heterocycles. The summed E-state index contributed by atoms with van der Waals surface area (Å²) in [6.45, 7) is 16.0. The van der Waals surface area contributed by atoms with Crippen LogP contribution in [0.4, 0.5) is 10.5 Å². The molecule has 0 saturated carbocycles. The number of nitrogens with zero attached hydrogens (tertiary/aromatic N) is 1. The second kappa shape index (κ2) is 7.67. The van der Waals surface area contributed by atoms with E-state index in [0.717, 1.165) is 25.9 Å². The molecule has 0 aromatic heterocycles. The van der Waals surface area contributed by atoms with Gasteiger partial charge in [-0.3, -0.25) is 0 Å². The fourth-order valence-corrected chi connectivity index (χ4v) is 3.66. The van der Waals surface area contributed by atoms with E-state index in [1.165, 1.54) is 22.4 Å². The molecular weight excluding hydrogens is 312 g/mol. The summed E-state index contributed by atoms with van der Waals surface area (Å²) in [6, 6.07) is 4.85. The number of amides is 1. The number of likely N-dealkylation sites (tertiary alicyclic amines) is 1. The van der Waals surface area contributed by atoms with E-state index in [0.29, 0.717) is 12.0 Å². The van der Waals surface area contributed by atoms with Gasteiger partial charge in [-0.2, -0.15) is 0 Å². The number of carbonyl (C=O) groups excluding carboxylic acids is 1. The number of nitrogens with one attached hydrogen (secondary N) is 1. The molecule has 0 spiro atoms. The normalized spacial score (nSPS) is 17.3. The van der Waals surface area contributed by atoms with E-state index < -0.39 is 5.60 Å². The first-order valence-corrected chi connectivity index (χ1v) is 9.39. The van der Waals surface area contributed by atoms with Gasteiger partial charge in [0.2, 0.25) is 0 Å². The minimum absolute atomic E-state index is 0.184. The number of ether oxygens (including phenoxy) is 1. The quantitative estimate of drug-likeness (QED) is 0.832. The molecular formula is C21H34N2O2. The highest BCUT2D eigenvalue weighted by atomic mass is 16.6. The van der Waals surface area contributed by atoms with E-state index >= 15 is 0 Å². The molecule has 1 N–H and O–H groups in total. The Kier molecular flexibility index (Phi) is 6.02. The highest BCUT2D eigenvalue weighted by molar-refractivity contribution is 5.68. The zero-order valence-electron chi connectivity index (χ0n) is 16.9. The van der Waals surface area contributed by atoms with Gasteiger partial charge >= 0.3 is 6.09 Å². The van der Waals surface area contributed by atoms with Gasteiger partial charge in [0.1, 0.15) is 5.60 Å². The Morgan fingerprint density at radius 2 is 1.68 bits per heavy atom. The summed E-state index contributed by atoms with van der Waals surface area (Å²) in [5.74, 6) is 0.568. The maximum atomic E-state index is 12.2. The molecule has 1 atom stereocenters. The fraction of sp³-hybridized carbons (Fsp3) is 0.667. The summed E-state index contributed by atoms with van der Waals surface area (Å²) in [7, 11) is 0. The number of piperidine rings is 1. The third kappa shape index (κ3) is 5.38. The van der Waals surface area contributed by atoms with Crippen molar-refractivity contribution in [1.29, 1.82) is 0 Å². The number of carbonyl (C=O) groups is 1. The lowest BCUT2D eigenvalue weighted by Gasteiger charge is -2.36. The maximum absolute atomic E-state index is 12.2. The summed E-state index contributed by atoms with van der Waals surface area (Å²) in [5, 5.41) is 3.72. The van der Waals surface area contributed by atoms with Crippen molar-refractivity contribution in [1.82, 2.24) is 4.90 Å². The van der Waals surface area contributed by atoms with E-state index in [9.17, 15) is 4.79 Å². The van der Waals surface area contributed by atoms with Gasteiger partial charge in [0.25, 0.3) is 0 Å². The van der Waals surface area contributed by atoms with Crippen molar-refractivity contribution < 1.29 is 9.53 Å². The van der Waals surface area contributed by atoms with Crippen LogP contribution in [0.3, 0.4) is 0 Å². The van der Waals surface area contributed by atoms with E-state index in [4.69, 9.17) is 4.74 Å². The van der Waals surface area contributed by atoms with Gasteiger partial charge in [-0.1, -0.05) is 17.7 Å². The van der Waals surface area contributed by atoms with Gasteiger partial charge in [0.15, 0.2) is 0 Å². The van der Waals surface area contributed by atoms with Crippen molar-refractivity contribution in [2.24, 2.45) is 5.92 Å². The van der Waals surface area contributed by atoms with Crippen LogP contribution in [0, 0.1) is 26.7 Å². The molecule has 0 aliphatic carbocycles. The largest absolute Gasteiger partial charge is 0.444 e. The molecule has 140 valence electrons. The molecule has 1 heterocycles. The monoisotopic (exact) mass is 346 g/mol. The lowest BCUT2D eigenvalue weighted by atomic mass is 9.90.